The highest BCUT2D eigenvalue weighted by atomic mass is 32.2. The molecule has 3 rings (SSSR count). The van der Waals surface area contributed by atoms with Crippen molar-refractivity contribution in [2.45, 2.75) is 17.9 Å². The third-order valence-corrected chi connectivity index (χ3v) is 6.23. The lowest BCUT2D eigenvalue weighted by Gasteiger charge is -2.05. The van der Waals surface area contributed by atoms with Crippen molar-refractivity contribution < 1.29 is 19.1 Å². The molecule has 3 aromatic rings. The lowest BCUT2D eigenvalue weighted by molar-refractivity contribution is -0.117. The van der Waals surface area contributed by atoms with Crippen LogP contribution in [0.2, 0.25) is 0 Å². The summed E-state index contributed by atoms with van der Waals surface area (Å²) in [5.41, 5.74) is 1.38. The molecule has 6 nitrogen and oxygen atoms in total. The van der Waals surface area contributed by atoms with Crippen LogP contribution in [0.25, 0.3) is 10.2 Å². The second-order valence-electron chi connectivity index (χ2n) is 6.12. The first-order chi connectivity index (χ1) is 14.1. The van der Waals surface area contributed by atoms with Crippen LogP contribution in [-0.2, 0) is 20.8 Å². The molecule has 0 bridgehead atoms. The Bertz CT molecular complexity index is 1060. The molecule has 0 aliphatic rings. The molecular weight excluding hydrogens is 408 g/mol. The van der Waals surface area contributed by atoms with Gasteiger partial charge in [0, 0.05) is 30.7 Å². The third kappa shape index (κ3) is 5.56. The first-order valence-electron chi connectivity index (χ1n) is 9.08. The van der Waals surface area contributed by atoms with Gasteiger partial charge in [0.25, 0.3) is 0 Å². The number of fused-ring (bicyclic) bond motifs is 1. The molecule has 0 saturated carbocycles. The molecule has 0 fully saturated rings. The molecule has 0 aliphatic heterocycles. The van der Waals surface area contributed by atoms with Gasteiger partial charge in [-0.3, -0.25) is 4.79 Å². The van der Waals surface area contributed by atoms with Gasteiger partial charge in [-0.15, -0.1) is 11.8 Å². The van der Waals surface area contributed by atoms with E-state index in [0.717, 1.165) is 15.1 Å². The molecule has 8 heteroatoms. The summed E-state index contributed by atoms with van der Waals surface area (Å²) in [7, 11) is 2.99. The smallest absolute Gasteiger partial charge is 0.337 e. The summed E-state index contributed by atoms with van der Waals surface area (Å²) in [5.74, 6) is 0.109. The number of hydrogen-bond donors (Lipinski definition) is 0. The van der Waals surface area contributed by atoms with Crippen molar-refractivity contribution in [1.29, 1.82) is 0 Å². The summed E-state index contributed by atoms with van der Waals surface area (Å²) >= 11 is 3.01. The van der Waals surface area contributed by atoms with Gasteiger partial charge >= 0.3 is 5.97 Å². The standard InChI is InChI=1S/C21H22N2O4S2/c1-26-12-11-23-17-9-8-15(20(25)27-2)14-18(17)29-21(23)22-19(24)10-13-28-16-6-4-3-5-7-16/h3-9,14H,10-13H2,1-2H3. The van der Waals surface area contributed by atoms with Crippen molar-refractivity contribution in [3.63, 3.8) is 0 Å². The third-order valence-electron chi connectivity index (χ3n) is 4.17. The van der Waals surface area contributed by atoms with E-state index in [1.807, 2.05) is 41.0 Å². The van der Waals surface area contributed by atoms with Gasteiger partial charge in [-0.2, -0.15) is 4.99 Å². The highest BCUT2D eigenvalue weighted by molar-refractivity contribution is 7.99. The minimum absolute atomic E-state index is 0.167. The number of thiazole rings is 1. The van der Waals surface area contributed by atoms with Crippen LogP contribution >= 0.6 is 23.1 Å². The van der Waals surface area contributed by atoms with E-state index in [0.29, 0.717) is 35.7 Å². The summed E-state index contributed by atoms with van der Waals surface area (Å²) in [4.78, 5) is 30.3. The van der Waals surface area contributed by atoms with Gasteiger partial charge in [0.05, 0.1) is 29.5 Å². The first-order valence-corrected chi connectivity index (χ1v) is 10.9. The Labute approximate surface area is 177 Å². The van der Waals surface area contributed by atoms with Gasteiger partial charge in [0.1, 0.15) is 0 Å². The predicted molar refractivity (Wildman–Crippen MR) is 115 cm³/mol. The molecule has 0 radical (unpaired) electrons. The number of thioether (sulfide) groups is 1. The molecule has 0 aliphatic carbocycles. The maximum absolute atomic E-state index is 12.4. The Morgan fingerprint density at radius 2 is 1.93 bits per heavy atom. The SMILES string of the molecule is COCCn1c(=NC(=O)CCSc2ccccc2)sc2cc(C(=O)OC)ccc21. The molecule has 1 aromatic heterocycles. The van der Waals surface area contributed by atoms with E-state index >= 15 is 0 Å². The van der Waals surface area contributed by atoms with Gasteiger partial charge in [-0.05, 0) is 30.3 Å². The van der Waals surface area contributed by atoms with Crippen LogP contribution in [0.3, 0.4) is 0 Å². The fraction of sp³-hybridized carbons (Fsp3) is 0.286. The topological polar surface area (TPSA) is 69.9 Å². The number of benzene rings is 2. The van der Waals surface area contributed by atoms with Crippen molar-refractivity contribution in [3.05, 3.63) is 58.9 Å². The summed E-state index contributed by atoms with van der Waals surface area (Å²) in [6, 6.07) is 15.3. The number of methoxy groups -OCH3 is 2. The Kier molecular flexibility index (Phi) is 7.62. The first kappa shape index (κ1) is 21.3. The normalized spacial score (nSPS) is 11.7. The molecule has 0 spiro atoms. The van der Waals surface area contributed by atoms with Crippen molar-refractivity contribution >= 4 is 45.2 Å². The maximum Gasteiger partial charge on any atom is 0.337 e. The second-order valence-corrected chi connectivity index (χ2v) is 8.30. The Morgan fingerprint density at radius 3 is 2.66 bits per heavy atom. The number of amides is 1. The van der Waals surface area contributed by atoms with Crippen LogP contribution < -0.4 is 4.80 Å². The second kappa shape index (κ2) is 10.4. The van der Waals surface area contributed by atoms with Crippen LogP contribution in [0, 0.1) is 0 Å². The van der Waals surface area contributed by atoms with Crippen molar-refractivity contribution in [2.75, 3.05) is 26.6 Å². The van der Waals surface area contributed by atoms with E-state index in [1.54, 1.807) is 31.0 Å². The van der Waals surface area contributed by atoms with Gasteiger partial charge in [-0.1, -0.05) is 29.5 Å². The molecule has 0 unspecified atom stereocenters. The Hall–Kier alpha value is -2.42. The summed E-state index contributed by atoms with van der Waals surface area (Å²) in [5, 5.41) is 0. The van der Waals surface area contributed by atoms with Crippen molar-refractivity contribution in [1.82, 2.24) is 4.57 Å². The van der Waals surface area contributed by atoms with Crippen molar-refractivity contribution in [2.24, 2.45) is 4.99 Å². The number of aromatic nitrogens is 1. The zero-order valence-corrected chi connectivity index (χ0v) is 17.9. The predicted octanol–water partition coefficient (Wildman–Crippen LogP) is 3.75. The number of esters is 1. The van der Waals surface area contributed by atoms with E-state index in [4.69, 9.17) is 9.47 Å². The Morgan fingerprint density at radius 1 is 1.14 bits per heavy atom. The van der Waals surface area contributed by atoms with Crippen molar-refractivity contribution in [3.8, 4) is 0 Å². The summed E-state index contributed by atoms with van der Waals surface area (Å²) < 4.78 is 12.8. The van der Waals surface area contributed by atoms with E-state index < -0.39 is 5.97 Å². The molecule has 2 aromatic carbocycles. The van der Waals surface area contributed by atoms with Gasteiger partial charge in [-0.25, -0.2) is 4.79 Å². The minimum Gasteiger partial charge on any atom is -0.465 e. The number of ether oxygens (including phenoxy) is 2. The lowest BCUT2D eigenvalue weighted by Crippen LogP contribution is -2.19. The van der Waals surface area contributed by atoms with Crippen LogP contribution in [0.5, 0.6) is 0 Å². The van der Waals surface area contributed by atoms with E-state index in [9.17, 15) is 9.59 Å². The molecular formula is C21H22N2O4S2. The van der Waals surface area contributed by atoms with E-state index in [2.05, 4.69) is 4.99 Å². The fourth-order valence-corrected chi connectivity index (χ4v) is 4.71. The number of rotatable bonds is 8. The highest BCUT2D eigenvalue weighted by Crippen LogP contribution is 2.21. The Balaban J connectivity index is 1.83. The van der Waals surface area contributed by atoms with Crippen LogP contribution in [0.4, 0.5) is 0 Å². The monoisotopic (exact) mass is 430 g/mol. The average molecular weight is 431 g/mol. The molecule has 1 heterocycles. The van der Waals surface area contributed by atoms with Crippen LogP contribution in [0.15, 0.2) is 58.4 Å². The zero-order chi connectivity index (χ0) is 20.6. The van der Waals surface area contributed by atoms with Gasteiger partial charge in [0.2, 0.25) is 5.91 Å². The highest BCUT2D eigenvalue weighted by Gasteiger charge is 2.12. The quantitative estimate of drug-likeness (QED) is 0.402. The molecule has 1 amide bonds. The van der Waals surface area contributed by atoms with E-state index in [1.165, 1.54) is 18.4 Å². The van der Waals surface area contributed by atoms with E-state index in [-0.39, 0.29) is 5.91 Å². The van der Waals surface area contributed by atoms with Gasteiger partial charge < -0.3 is 14.0 Å². The molecule has 0 atom stereocenters. The number of carbonyl (C=O) groups excluding carboxylic acids is 2. The number of hydrogen-bond acceptors (Lipinski definition) is 6. The zero-order valence-electron chi connectivity index (χ0n) is 16.3. The van der Waals surface area contributed by atoms with Gasteiger partial charge in [0.15, 0.2) is 4.80 Å². The minimum atomic E-state index is -0.392. The maximum atomic E-state index is 12.4. The fourth-order valence-electron chi connectivity index (χ4n) is 2.74. The van der Waals surface area contributed by atoms with Crippen LogP contribution in [-0.4, -0.2) is 43.0 Å². The van der Waals surface area contributed by atoms with Crippen LogP contribution in [0.1, 0.15) is 16.8 Å². The number of carbonyl (C=O) groups is 2. The summed E-state index contributed by atoms with van der Waals surface area (Å²) in [6.45, 7) is 1.06. The number of nitrogens with zero attached hydrogens (tertiary/aromatic N) is 2. The lowest BCUT2D eigenvalue weighted by atomic mass is 10.2. The molecule has 29 heavy (non-hydrogen) atoms. The molecule has 0 N–H and O–H groups in total. The average Bonchev–Trinajstić information content (AvgIpc) is 3.08. The summed E-state index contributed by atoms with van der Waals surface area (Å²) in [6.07, 6.45) is 0.353. The largest absolute Gasteiger partial charge is 0.465 e. The molecule has 152 valence electrons. The molecule has 0 saturated heterocycles.